The largest absolute Gasteiger partial charge is 0.495 e. The van der Waals surface area contributed by atoms with Gasteiger partial charge in [0.05, 0.1) is 24.1 Å². The van der Waals surface area contributed by atoms with Crippen LogP contribution in [0.1, 0.15) is 43.6 Å². The van der Waals surface area contributed by atoms with Gasteiger partial charge in [-0.25, -0.2) is 19.7 Å². The first kappa shape index (κ1) is 29.2. The molecule has 10 nitrogen and oxygen atoms in total. The van der Waals surface area contributed by atoms with Crippen LogP contribution in [0.15, 0.2) is 42.7 Å². The van der Waals surface area contributed by atoms with Crippen LogP contribution in [-0.4, -0.2) is 68.2 Å². The second kappa shape index (κ2) is 11.0. The average molecular weight is 561 g/mol. The summed E-state index contributed by atoms with van der Waals surface area (Å²) in [5.41, 5.74) is 2.69. The van der Waals surface area contributed by atoms with Crippen LogP contribution >= 0.6 is 0 Å². The molecule has 12 heteroatoms. The molecule has 1 aromatic carbocycles. The number of nitrogens with one attached hydrogen (secondary N) is 1. The maximum absolute atomic E-state index is 11.4. The monoisotopic (exact) mass is 560 g/mol. The van der Waals surface area contributed by atoms with E-state index in [0.29, 0.717) is 36.2 Å². The van der Waals surface area contributed by atoms with Gasteiger partial charge in [0.15, 0.2) is 8.32 Å². The summed E-state index contributed by atoms with van der Waals surface area (Å²) in [7, 11) is 0.970. The number of benzene rings is 1. The van der Waals surface area contributed by atoms with Crippen molar-refractivity contribution in [3.05, 3.63) is 53.9 Å². The number of fused-ring (bicyclic) bond motifs is 1. The quantitative estimate of drug-likeness (QED) is 0.261. The highest BCUT2D eigenvalue weighted by atomic mass is 28.4. The summed E-state index contributed by atoms with van der Waals surface area (Å²) in [6.07, 6.45) is 4.15. The molecule has 0 aliphatic carbocycles. The third kappa shape index (κ3) is 5.87. The van der Waals surface area contributed by atoms with Crippen LogP contribution in [-0.2, 0) is 14.6 Å². The summed E-state index contributed by atoms with van der Waals surface area (Å²) >= 11 is 0. The van der Waals surface area contributed by atoms with Gasteiger partial charge in [-0.1, -0.05) is 27.7 Å². The van der Waals surface area contributed by atoms with Crippen LogP contribution in [0.25, 0.3) is 11.3 Å². The lowest BCUT2D eigenvalue weighted by molar-refractivity contribution is 0.0696. The van der Waals surface area contributed by atoms with Gasteiger partial charge in [0.1, 0.15) is 17.8 Å². The van der Waals surface area contributed by atoms with Crippen molar-refractivity contribution in [1.29, 1.82) is 0 Å². The number of aromatic carboxylic acids is 1. The van der Waals surface area contributed by atoms with Gasteiger partial charge in [0.25, 0.3) is 0 Å². The Hall–Kier alpha value is -3.77. The van der Waals surface area contributed by atoms with E-state index in [0.717, 1.165) is 23.1 Å². The second-order valence-corrected chi connectivity index (χ2v) is 16.5. The normalized spacial score (nSPS) is 16.8. The van der Waals surface area contributed by atoms with E-state index in [2.05, 4.69) is 62.1 Å². The summed E-state index contributed by atoms with van der Waals surface area (Å²) in [6, 6.07) is 8.39. The molecule has 0 spiro atoms. The van der Waals surface area contributed by atoms with E-state index in [4.69, 9.17) is 14.1 Å². The minimum Gasteiger partial charge on any atom is -0.495 e. The van der Waals surface area contributed by atoms with E-state index in [1.54, 1.807) is 24.5 Å². The zero-order valence-electron chi connectivity index (χ0n) is 24.0. The Morgan fingerprint density at radius 3 is 2.65 bits per heavy atom. The number of aromatic nitrogens is 3. The van der Waals surface area contributed by atoms with Crippen LogP contribution in [0.2, 0.25) is 18.1 Å². The number of rotatable bonds is 10. The van der Waals surface area contributed by atoms with Crippen molar-refractivity contribution in [3.8, 4) is 17.0 Å². The molecule has 2 aromatic heterocycles. The number of pyridine rings is 1. The number of anilines is 3. The molecule has 3 aromatic rings. The van der Waals surface area contributed by atoms with Gasteiger partial charge in [-0.05, 0) is 48.5 Å². The van der Waals surface area contributed by atoms with Crippen molar-refractivity contribution in [2.45, 2.75) is 51.2 Å². The first-order valence-electron chi connectivity index (χ1n) is 13.0. The molecular weight excluding hydrogens is 525 g/mol. The van der Waals surface area contributed by atoms with Crippen LogP contribution in [0.4, 0.5) is 17.5 Å². The third-order valence-corrected chi connectivity index (χ3v) is 12.2. The zero-order valence-corrected chi connectivity index (χ0v) is 25.0. The van der Waals surface area contributed by atoms with Gasteiger partial charge < -0.3 is 29.2 Å². The SMILES string of the molecule is COc1cc(C(=O)O)ccc1Nc1nccc(-c2cnc3c(c2)C(C)(CO[Si](C)(C)C(C)(C)C)CN3[B]C=O)n1. The molecule has 0 amide bonds. The minimum atomic E-state index is -2.01. The lowest BCUT2D eigenvalue weighted by atomic mass is 9.85. The van der Waals surface area contributed by atoms with Gasteiger partial charge in [0, 0.05) is 42.1 Å². The molecule has 0 saturated heterocycles. The third-order valence-electron chi connectivity index (χ3n) is 7.75. The maximum atomic E-state index is 11.4. The Labute approximate surface area is 236 Å². The number of carbonyl (C=O) groups is 2. The number of ether oxygens (including phenoxy) is 1. The number of methoxy groups -OCH3 is 1. The highest BCUT2D eigenvalue weighted by molar-refractivity contribution is 6.74. The Balaban J connectivity index is 1.66. The predicted octanol–water partition coefficient (Wildman–Crippen LogP) is 4.90. The molecule has 0 saturated carbocycles. The first-order valence-corrected chi connectivity index (χ1v) is 15.9. The van der Waals surface area contributed by atoms with Crippen molar-refractivity contribution in [1.82, 2.24) is 15.0 Å². The molecule has 40 heavy (non-hydrogen) atoms. The van der Waals surface area contributed by atoms with E-state index in [-0.39, 0.29) is 16.0 Å². The number of carbonyl (C=O) groups excluding carboxylic acids is 1. The number of hydrogen-bond acceptors (Lipinski definition) is 9. The van der Waals surface area contributed by atoms with Gasteiger partial charge in [-0.15, -0.1) is 0 Å². The smallest absolute Gasteiger partial charge is 0.335 e. The Bertz CT molecular complexity index is 1430. The molecule has 209 valence electrons. The molecule has 1 aliphatic heterocycles. The van der Waals surface area contributed by atoms with Crippen molar-refractivity contribution in [3.63, 3.8) is 0 Å². The van der Waals surface area contributed by atoms with E-state index in [1.165, 1.54) is 26.7 Å². The Morgan fingerprint density at radius 2 is 2.00 bits per heavy atom. The summed E-state index contributed by atoms with van der Waals surface area (Å²) < 4.78 is 12.0. The predicted molar refractivity (Wildman–Crippen MR) is 159 cm³/mol. The molecule has 1 aliphatic rings. The second-order valence-electron chi connectivity index (χ2n) is 11.7. The van der Waals surface area contributed by atoms with Crippen LogP contribution < -0.4 is 14.9 Å². The first-order chi connectivity index (χ1) is 18.8. The zero-order chi connectivity index (χ0) is 29.3. The van der Waals surface area contributed by atoms with Crippen LogP contribution in [0, 0.1) is 0 Å². The summed E-state index contributed by atoms with van der Waals surface area (Å²) in [6.45, 7) is 14.3. The van der Waals surface area contributed by atoms with E-state index >= 15 is 0 Å². The summed E-state index contributed by atoms with van der Waals surface area (Å²) in [4.78, 5) is 38.3. The average Bonchev–Trinajstić information content (AvgIpc) is 3.18. The van der Waals surface area contributed by atoms with Crippen molar-refractivity contribution >= 4 is 45.3 Å². The van der Waals surface area contributed by atoms with E-state index in [1.807, 2.05) is 4.81 Å². The van der Waals surface area contributed by atoms with Crippen LogP contribution in [0.5, 0.6) is 5.75 Å². The van der Waals surface area contributed by atoms with E-state index in [9.17, 15) is 14.7 Å². The minimum absolute atomic E-state index is 0.0699. The van der Waals surface area contributed by atoms with Gasteiger partial charge >= 0.3 is 13.4 Å². The Kier molecular flexibility index (Phi) is 8.04. The van der Waals surface area contributed by atoms with Gasteiger partial charge in [-0.2, -0.15) is 0 Å². The molecule has 4 rings (SSSR count). The molecule has 1 radical (unpaired) electrons. The summed E-state index contributed by atoms with van der Waals surface area (Å²) in [5, 5.41) is 12.5. The molecule has 3 heterocycles. The van der Waals surface area contributed by atoms with Gasteiger partial charge in [-0.3, -0.25) is 0 Å². The lowest BCUT2D eigenvalue weighted by Gasteiger charge is -2.39. The molecule has 1 atom stereocenters. The highest BCUT2D eigenvalue weighted by Crippen LogP contribution is 2.43. The fourth-order valence-electron chi connectivity index (χ4n) is 4.31. The lowest BCUT2D eigenvalue weighted by Crippen LogP contribution is -2.46. The van der Waals surface area contributed by atoms with E-state index < -0.39 is 14.3 Å². The molecule has 2 N–H and O–H groups in total. The molecular formula is C28H35BN5O5Si. The standard InChI is InChI=1S/C28H35BN5O5Si/c1-27(2,3)40(6,7)39-16-28(4)15-34(29-17-35)24-20(28)12-19(14-31-24)21-10-11-30-26(32-21)33-22-9-8-18(25(36)37)13-23(22)38-5/h8-14,17H,15-16H2,1-7H3,(H,36,37)(H,30,32,33). The summed E-state index contributed by atoms with van der Waals surface area (Å²) in [5.74, 6) is 0.363. The van der Waals surface area contributed by atoms with Crippen molar-refractivity contribution in [2.75, 3.05) is 30.4 Å². The number of carboxylic acid groups (broad SMARTS) is 1. The fourth-order valence-corrected chi connectivity index (χ4v) is 5.42. The number of nitrogens with zero attached hydrogens (tertiary/aromatic N) is 4. The maximum Gasteiger partial charge on any atom is 0.335 e. The highest BCUT2D eigenvalue weighted by Gasteiger charge is 2.44. The van der Waals surface area contributed by atoms with Crippen molar-refractivity contribution in [2.24, 2.45) is 0 Å². The molecule has 0 fully saturated rings. The number of carboxylic acids is 1. The fraction of sp³-hybridized carbons (Fsp3) is 0.393. The topological polar surface area (TPSA) is 127 Å². The molecule has 0 bridgehead atoms. The Morgan fingerprint density at radius 1 is 1.25 bits per heavy atom. The van der Waals surface area contributed by atoms with Crippen LogP contribution in [0.3, 0.4) is 0 Å². The van der Waals surface area contributed by atoms with Crippen molar-refractivity contribution < 1.29 is 23.9 Å². The van der Waals surface area contributed by atoms with Gasteiger partial charge in [0.2, 0.25) is 5.95 Å². The number of hydrogen-bond donors (Lipinski definition) is 2. The molecule has 1 unspecified atom stereocenters.